The second kappa shape index (κ2) is 13.1. The maximum Gasteiger partial charge on any atom is 0.162 e. The smallest absolute Gasteiger partial charge is 0.162 e. The molecule has 0 bridgehead atoms. The fraction of sp³-hybridized carbons (Fsp3) is 0.741. The van der Waals surface area contributed by atoms with Crippen molar-refractivity contribution in [3.05, 3.63) is 29.3 Å². The van der Waals surface area contributed by atoms with Gasteiger partial charge in [-0.2, -0.15) is 0 Å². The van der Waals surface area contributed by atoms with Gasteiger partial charge < -0.3 is 4.74 Å². The van der Waals surface area contributed by atoms with Crippen molar-refractivity contribution in [1.29, 1.82) is 0 Å². The van der Waals surface area contributed by atoms with Crippen LogP contribution in [0.2, 0.25) is 0 Å². The third kappa shape index (κ3) is 9.36. The van der Waals surface area contributed by atoms with Gasteiger partial charge in [0.05, 0.1) is 0 Å². The molecule has 0 saturated carbocycles. The molecule has 1 aliphatic rings. The summed E-state index contributed by atoms with van der Waals surface area (Å²) < 4.78 is 6.03. The first-order valence-electron chi connectivity index (χ1n) is 12.4. The van der Waals surface area contributed by atoms with Gasteiger partial charge in [-0.25, -0.2) is 0 Å². The highest BCUT2D eigenvalue weighted by Gasteiger charge is 2.26. The zero-order chi connectivity index (χ0) is 21.0. The Morgan fingerprint density at radius 2 is 1.41 bits per heavy atom. The summed E-state index contributed by atoms with van der Waals surface area (Å²) in [5, 5.41) is 0. The predicted molar refractivity (Wildman–Crippen MR) is 124 cm³/mol. The van der Waals surface area contributed by atoms with Crippen LogP contribution in [0, 0.1) is 0 Å². The lowest BCUT2D eigenvalue weighted by molar-refractivity contribution is 0.0846. The van der Waals surface area contributed by atoms with E-state index in [1.165, 1.54) is 82.6 Å². The Morgan fingerprint density at radius 1 is 0.862 bits per heavy atom. The van der Waals surface area contributed by atoms with Crippen molar-refractivity contribution in [1.82, 2.24) is 0 Å². The molecule has 2 nitrogen and oxygen atoms in total. The van der Waals surface area contributed by atoms with E-state index in [1.54, 1.807) is 0 Å². The minimum Gasteiger partial charge on any atom is -0.488 e. The van der Waals surface area contributed by atoms with E-state index >= 15 is 0 Å². The van der Waals surface area contributed by atoms with Crippen LogP contribution in [-0.2, 0) is 6.42 Å². The number of ether oxygens (including phenoxy) is 1. The number of carbonyl (C=O) groups excluding carboxylic acids is 1. The molecule has 0 N–H and O–H groups in total. The molecule has 0 aromatic heterocycles. The Balaban J connectivity index is 1.50. The first-order valence-corrected chi connectivity index (χ1v) is 12.4. The Kier molecular flexibility index (Phi) is 10.8. The number of unbranched alkanes of at least 4 members (excludes halogenated alkanes) is 12. The van der Waals surface area contributed by atoms with Gasteiger partial charge in [-0.15, -0.1) is 0 Å². The molecule has 0 fully saturated rings. The lowest BCUT2D eigenvalue weighted by atomic mass is 9.92. The average Bonchev–Trinajstić information content (AvgIpc) is 2.70. The van der Waals surface area contributed by atoms with E-state index in [2.05, 4.69) is 26.8 Å². The summed E-state index contributed by atoms with van der Waals surface area (Å²) in [4.78, 5) is 12.5. The molecule has 1 aromatic carbocycles. The van der Waals surface area contributed by atoms with Gasteiger partial charge in [0.1, 0.15) is 11.4 Å². The zero-order valence-electron chi connectivity index (χ0n) is 19.4. The fourth-order valence-corrected chi connectivity index (χ4v) is 4.28. The normalized spacial score (nSPS) is 15.0. The maximum atomic E-state index is 12.5. The van der Waals surface area contributed by atoms with Crippen molar-refractivity contribution in [2.45, 2.75) is 129 Å². The van der Waals surface area contributed by atoms with Crippen LogP contribution in [0.5, 0.6) is 5.75 Å². The second-order valence-corrected chi connectivity index (χ2v) is 9.60. The molecule has 0 atom stereocenters. The molecule has 1 aliphatic heterocycles. The topological polar surface area (TPSA) is 26.3 Å². The molecular formula is C27H44O2. The third-order valence-electron chi connectivity index (χ3n) is 6.27. The van der Waals surface area contributed by atoms with Crippen LogP contribution >= 0.6 is 0 Å². The molecule has 0 radical (unpaired) electrons. The standard InChI is InChI=1S/C27H44O2/c1-4-5-6-7-8-9-10-11-12-13-14-15-16-17-25(28)23-18-19-26-24(22-23)20-21-27(2,3)29-26/h18-19,22H,4-17,20-21H2,1-3H3. The number of hydrogen-bond acceptors (Lipinski definition) is 2. The second-order valence-electron chi connectivity index (χ2n) is 9.60. The third-order valence-corrected chi connectivity index (χ3v) is 6.27. The fourth-order valence-electron chi connectivity index (χ4n) is 4.28. The van der Waals surface area contributed by atoms with Crippen molar-refractivity contribution in [2.24, 2.45) is 0 Å². The van der Waals surface area contributed by atoms with Crippen molar-refractivity contribution in [3.8, 4) is 5.75 Å². The van der Waals surface area contributed by atoms with E-state index < -0.39 is 0 Å². The summed E-state index contributed by atoms with van der Waals surface area (Å²) in [6.45, 7) is 6.53. The summed E-state index contributed by atoms with van der Waals surface area (Å²) in [5.74, 6) is 1.25. The summed E-state index contributed by atoms with van der Waals surface area (Å²) >= 11 is 0. The zero-order valence-corrected chi connectivity index (χ0v) is 19.4. The van der Waals surface area contributed by atoms with Crippen LogP contribution in [0.3, 0.4) is 0 Å². The number of fused-ring (bicyclic) bond motifs is 1. The van der Waals surface area contributed by atoms with Gasteiger partial charge in [0.25, 0.3) is 0 Å². The molecule has 0 amide bonds. The first-order chi connectivity index (χ1) is 14.0. The number of ketones is 1. The van der Waals surface area contributed by atoms with Crippen LogP contribution in [0.1, 0.15) is 133 Å². The molecular weight excluding hydrogens is 356 g/mol. The minimum absolute atomic E-state index is 0.0901. The molecule has 0 spiro atoms. The summed E-state index contributed by atoms with van der Waals surface area (Å²) in [6.07, 6.45) is 20.1. The number of rotatable bonds is 15. The van der Waals surface area contributed by atoms with Crippen molar-refractivity contribution < 1.29 is 9.53 Å². The molecule has 0 aliphatic carbocycles. The lowest BCUT2D eigenvalue weighted by Crippen LogP contribution is -2.32. The minimum atomic E-state index is -0.0901. The van der Waals surface area contributed by atoms with E-state index in [-0.39, 0.29) is 5.60 Å². The van der Waals surface area contributed by atoms with E-state index in [0.717, 1.165) is 30.6 Å². The molecule has 164 valence electrons. The molecule has 0 unspecified atom stereocenters. The van der Waals surface area contributed by atoms with Crippen LogP contribution in [0.15, 0.2) is 18.2 Å². The van der Waals surface area contributed by atoms with Gasteiger partial charge in [-0.1, -0.05) is 84.0 Å². The summed E-state index contributed by atoms with van der Waals surface area (Å²) in [6, 6.07) is 6.01. The van der Waals surface area contributed by atoms with Gasteiger partial charge in [0.15, 0.2) is 5.78 Å². The number of benzene rings is 1. The highest BCUT2D eigenvalue weighted by molar-refractivity contribution is 5.96. The molecule has 1 aromatic rings. The van der Waals surface area contributed by atoms with Crippen molar-refractivity contribution >= 4 is 5.78 Å². The van der Waals surface area contributed by atoms with Crippen molar-refractivity contribution in [3.63, 3.8) is 0 Å². The summed E-state index contributed by atoms with van der Waals surface area (Å²) in [5.41, 5.74) is 1.97. The average molecular weight is 401 g/mol. The van der Waals surface area contributed by atoms with Crippen molar-refractivity contribution in [2.75, 3.05) is 0 Å². The highest BCUT2D eigenvalue weighted by Crippen LogP contribution is 2.33. The molecule has 0 saturated heterocycles. The van der Waals surface area contributed by atoms with Gasteiger partial charge in [0, 0.05) is 12.0 Å². The number of Topliss-reactive ketones (excluding diaryl/α,β-unsaturated/α-hetero) is 1. The van der Waals surface area contributed by atoms with Gasteiger partial charge in [-0.3, -0.25) is 4.79 Å². The Labute approximate surface area is 179 Å². The van der Waals surface area contributed by atoms with Crippen LogP contribution in [-0.4, -0.2) is 11.4 Å². The number of carbonyl (C=O) groups is 1. The Hall–Kier alpha value is -1.31. The van der Waals surface area contributed by atoms with Gasteiger partial charge in [-0.05, 0) is 56.9 Å². The predicted octanol–water partition coefficient (Wildman–Crippen LogP) is 8.45. The van der Waals surface area contributed by atoms with Gasteiger partial charge in [0.2, 0.25) is 0 Å². The van der Waals surface area contributed by atoms with E-state index in [9.17, 15) is 4.79 Å². The molecule has 1 heterocycles. The first kappa shape index (κ1) is 24.0. The SMILES string of the molecule is CCCCCCCCCCCCCCCC(=O)c1ccc2c(c1)CCC(C)(C)O2. The quantitative estimate of drug-likeness (QED) is 0.218. The Morgan fingerprint density at radius 3 is 2.00 bits per heavy atom. The monoisotopic (exact) mass is 400 g/mol. The largest absolute Gasteiger partial charge is 0.488 e. The van der Waals surface area contributed by atoms with E-state index in [0.29, 0.717) is 12.2 Å². The van der Waals surface area contributed by atoms with Crippen LogP contribution in [0.4, 0.5) is 0 Å². The molecule has 2 heteroatoms. The summed E-state index contributed by atoms with van der Waals surface area (Å²) in [7, 11) is 0. The van der Waals surface area contributed by atoms with Crippen LogP contribution in [0.25, 0.3) is 0 Å². The highest BCUT2D eigenvalue weighted by atomic mass is 16.5. The molecule has 2 rings (SSSR count). The Bertz CT molecular complexity index is 603. The van der Waals surface area contributed by atoms with E-state index in [1.807, 2.05) is 12.1 Å². The maximum absolute atomic E-state index is 12.5. The number of hydrogen-bond donors (Lipinski definition) is 0. The van der Waals surface area contributed by atoms with E-state index in [4.69, 9.17) is 4.74 Å². The van der Waals surface area contributed by atoms with Crippen LogP contribution < -0.4 is 4.74 Å². The number of aryl methyl sites for hydroxylation is 1. The van der Waals surface area contributed by atoms with Gasteiger partial charge >= 0.3 is 0 Å². The lowest BCUT2D eigenvalue weighted by Gasteiger charge is -2.32. The molecule has 29 heavy (non-hydrogen) atoms.